The lowest BCUT2D eigenvalue weighted by molar-refractivity contribution is -0.140. The molecule has 0 aliphatic carbocycles. The Morgan fingerprint density at radius 3 is 2.38 bits per heavy atom. The van der Waals surface area contributed by atoms with Crippen molar-refractivity contribution in [2.45, 2.75) is 12.6 Å². The van der Waals surface area contributed by atoms with Crippen molar-refractivity contribution in [2.24, 2.45) is 0 Å². The minimum Gasteiger partial charge on any atom is -0.507 e. The number of carbonyl (C=O) groups is 2. The van der Waals surface area contributed by atoms with Gasteiger partial charge in [-0.2, -0.15) is 0 Å². The Labute approximate surface area is 166 Å². The van der Waals surface area contributed by atoms with Gasteiger partial charge in [0.1, 0.15) is 11.6 Å². The van der Waals surface area contributed by atoms with Gasteiger partial charge in [0.15, 0.2) is 0 Å². The fourth-order valence-corrected chi connectivity index (χ4v) is 3.39. The van der Waals surface area contributed by atoms with Gasteiger partial charge in [-0.15, -0.1) is 0 Å². The molecule has 144 valence electrons. The van der Waals surface area contributed by atoms with Gasteiger partial charge in [0, 0.05) is 36.9 Å². The molecule has 1 atom stereocenters. The van der Waals surface area contributed by atoms with Crippen LogP contribution in [0.5, 0.6) is 0 Å². The summed E-state index contributed by atoms with van der Waals surface area (Å²) in [4.78, 5) is 35.1. The van der Waals surface area contributed by atoms with Gasteiger partial charge in [0.05, 0.1) is 11.6 Å². The monoisotopic (exact) mass is 389 g/mol. The molecule has 1 aromatic carbocycles. The molecule has 3 aromatic rings. The summed E-state index contributed by atoms with van der Waals surface area (Å²) in [6.45, 7) is 0.144. The van der Waals surface area contributed by atoms with E-state index in [0.717, 1.165) is 5.56 Å². The molecule has 0 radical (unpaired) electrons. The van der Waals surface area contributed by atoms with Crippen LogP contribution >= 0.6 is 0 Å². The Morgan fingerprint density at radius 2 is 1.72 bits per heavy atom. The number of halogens is 1. The topological polar surface area (TPSA) is 83.4 Å². The van der Waals surface area contributed by atoms with Gasteiger partial charge in [-0.1, -0.05) is 6.07 Å². The molecule has 0 unspecified atom stereocenters. The van der Waals surface area contributed by atoms with E-state index in [4.69, 9.17) is 0 Å². The molecule has 1 saturated heterocycles. The molecule has 3 heterocycles. The van der Waals surface area contributed by atoms with Gasteiger partial charge in [-0.3, -0.25) is 19.6 Å². The number of ketones is 1. The molecule has 0 spiro atoms. The fourth-order valence-electron chi connectivity index (χ4n) is 3.39. The maximum atomic E-state index is 13.3. The van der Waals surface area contributed by atoms with Gasteiger partial charge in [0.2, 0.25) is 0 Å². The van der Waals surface area contributed by atoms with Crippen molar-refractivity contribution >= 4 is 17.4 Å². The molecule has 1 aliphatic rings. The number of nitrogens with zero attached hydrogens (tertiary/aromatic N) is 3. The highest BCUT2D eigenvalue weighted by Gasteiger charge is 2.46. The van der Waals surface area contributed by atoms with Crippen molar-refractivity contribution < 1.29 is 19.1 Å². The molecular formula is C22H16FN3O3. The summed E-state index contributed by atoms with van der Waals surface area (Å²) in [5.74, 6) is -2.33. The standard InChI is InChI=1S/C22H16FN3O3/c23-17-5-3-16(4-6-17)20(27)18-19(15-7-10-24-11-8-15)26(22(29)21(18)28)13-14-2-1-9-25-12-14/h1-12,19,27H,13H2/t19-/m1/s1. The molecule has 6 nitrogen and oxygen atoms in total. The second-order valence-electron chi connectivity index (χ2n) is 6.58. The van der Waals surface area contributed by atoms with Crippen LogP contribution in [0.3, 0.4) is 0 Å². The lowest BCUT2D eigenvalue weighted by Crippen LogP contribution is -2.29. The third-order valence-corrected chi connectivity index (χ3v) is 4.76. The summed E-state index contributed by atoms with van der Waals surface area (Å²) in [5.41, 5.74) is 1.59. The summed E-state index contributed by atoms with van der Waals surface area (Å²) >= 11 is 0. The minimum absolute atomic E-state index is 0.0447. The van der Waals surface area contributed by atoms with E-state index < -0.39 is 23.5 Å². The average Bonchev–Trinajstić information content (AvgIpc) is 3.00. The number of carbonyl (C=O) groups excluding carboxylic acids is 2. The highest BCUT2D eigenvalue weighted by Crippen LogP contribution is 2.39. The lowest BCUT2D eigenvalue weighted by atomic mass is 9.96. The van der Waals surface area contributed by atoms with E-state index in [9.17, 15) is 19.1 Å². The predicted octanol–water partition coefficient (Wildman–Crippen LogP) is 3.24. The van der Waals surface area contributed by atoms with Crippen LogP contribution in [0, 0.1) is 5.82 Å². The Morgan fingerprint density at radius 1 is 1.00 bits per heavy atom. The summed E-state index contributed by atoms with van der Waals surface area (Å²) in [6, 6.07) is 11.2. The fraction of sp³-hybridized carbons (Fsp3) is 0.0909. The first-order valence-corrected chi connectivity index (χ1v) is 8.89. The first-order chi connectivity index (χ1) is 14.1. The molecule has 0 saturated carbocycles. The Kier molecular flexibility index (Phi) is 4.87. The molecule has 1 N–H and O–H groups in total. The molecule has 1 amide bonds. The summed E-state index contributed by atoms with van der Waals surface area (Å²) in [5, 5.41) is 10.8. The average molecular weight is 389 g/mol. The Balaban J connectivity index is 1.85. The van der Waals surface area contributed by atoms with Crippen LogP contribution < -0.4 is 0 Å². The molecule has 0 bridgehead atoms. The molecule has 7 heteroatoms. The molecular weight excluding hydrogens is 373 g/mol. The van der Waals surface area contributed by atoms with Crippen LogP contribution in [-0.4, -0.2) is 31.7 Å². The predicted molar refractivity (Wildman–Crippen MR) is 103 cm³/mol. The summed E-state index contributed by atoms with van der Waals surface area (Å²) in [7, 11) is 0. The number of hydrogen-bond acceptors (Lipinski definition) is 5. The highest BCUT2D eigenvalue weighted by molar-refractivity contribution is 6.46. The third kappa shape index (κ3) is 3.50. The van der Waals surface area contributed by atoms with Crippen LogP contribution in [0.2, 0.25) is 0 Å². The van der Waals surface area contributed by atoms with Crippen LogP contribution in [0.1, 0.15) is 22.7 Å². The van der Waals surface area contributed by atoms with E-state index in [1.54, 1.807) is 49.1 Å². The molecule has 4 rings (SSSR count). The Hall–Kier alpha value is -3.87. The second-order valence-corrected chi connectivity index (χ2v) is 6.58. The summed E-state index contributed by atoms with van der Waals surface area (Å²) < 4.78 is 13.3. The van der Waals surface area contributed by atoms with E-state index in [1.165, 1.54) is 29.2 Å². The maximum absolute atomic E-state index is 13.3. The van der Waals surface area contributed by atoms with E-state index in [1.807, 2.05) is 0 Å². The van der Waals surface area contributed by atoms with Gasteiger partial charge < -0.3 is 10.0 Å². The van der Waals surface area contributed by atoms with Crippen molar-refractivity contribution in [2.75, 3.05) is 0 Å². The third-order valence-electron chi connectivity index (χ3n) is 4.76. The van der Waals surface area contributed by atoms with E-state index in [-0.39, 0.29) is 23.4 Å². The van der Waals surface area contributed by atoms with Gasteiger partial charge in [-0.05, 0) is 53.6 Å². The zero-order valence-electron chi connectivity index (χ0n) is 15.2. The number of benzene rings is 1. The number of aromatic nitrogens is 2. The van der Waals surface area contributed by atoms with Crippen LogP contribution in [-0.2, 0) is 16.1 Å². The molecule has 29 heavy (non-hydrogen) atoms. The van der Waals surface area contributed by atoms with E-state index in [0.29, 0.717) is 5.56 Å². The number of likely N-dealkylation sites (tertiary alicyclic amines) is 1. The molecule has 2 aromatic heterocycles. The van der Waals surface area contributed by atoms with Gasteiger partial charge in [-0.25, -0.2) is 4.39 Å². The second kappa shape index (κ2) is 7.63. The normalized spacial score (nSPS) is 18.2. The SMILES string of the molecule is O=C1C(=O)N(Cc2cccnc2)[C@H](c2ccncc2)C1=C(O)c1ccc(F)cc1. The largest absolute Gasteiger partial charge is 0.507 e. The maximum Gasteiger partial charge on any atom is 0.295 e. The zero-order valence-corrected chi connectivity index (χ0v) is 15.2. The zero-order chi connectivity index (χ0) is 20.4. The lowest BCUT2D eigenvalue weighted by Gasteiger charge is -2.25. The summed E-state index contributed by atoms with van der Waals surface area (Å²) in [6.07, 6.45) is 6.34. The van der Waals surface area contributed by atoms with Crippen LogP contribution in [0.25, 0.3) is 5.76 Å². The van der Waals surface area contributed by atoms with Crippen molar-refractivity contribution in [1.29, 1.82) is 0 Å². The smallest absolute Gasteiger partial charge is 0.295 e. The van der Waals surface area contributed by atoms with Gasteiger partial charge >= 0.3 is 0 Å². The quantitative estimate of drug-likeness (QED) is 0.421. The van der Waals surface area contributed by atoms with Crippen molar-refractivity contribution in [3.05, 3.63) is 101 Å². The highest BCUT2D eigenvalue weighted by atomic mass is 19.1. The number of pyridine rings is 2. The number of aliphatic hydroxyl groups is 1. The van der Waals surface area contributed by atoms with Crippen LogP contribution in [0.15, 0.2) is 78.9 Å². The number of amides is 1. The van der Waals surface area contributed by atoms with E-state index >= 15 is 0 Å². The number of hydrogen-bond donors (Lipinski definition) is 1. The first-order valence-electron chi connectivity index (χ1n) is 8.89. The Bertz CT molecular complexity index is 1080. The van der Waals surface area contributed by atoms with Crippen molar-refractivity contribution in [1.82, 2.24) is 14.9 Å². The first kappa shape index (κ1) is 18.5. The van der Waals surface area contributed by atoms with E-state index in [2.05, 4.69) is 9.97 Å². The number of aliphatic hydroxyl groups excluding tert-OH is 1. The van der Waals surface area contributed by atoms with Crippen LogP contribution in [0.4, 0.5) is 4.39 Å². The van der Waals surface area contributed by atoms with Gasteiger partial charge in [0.25, 0.3) is 11.7 Å². The molecule has 1 fully saturated rings. The number of rotatable bonds is 4. The minimum atomic E-state index is -0.803. The van der Waals surface area contributed by atoms with Crippen molar-refractivity contribution in [3.8, 4) is 0 Å². The molecule has 1 aliphatic heterocycles. The number of Topliss-reactive ketones (excluding diaryl/α,β-unsaturated/α-hetero) is 1. The van der Waals surface area contributed by atoms with Crippen molar-refractivity contribution in [3.63, 3.8) is 0 Å².